The first-order chi connectivity index (χ1) is 10.3. The zero-order valence-electron chi connectivity index (χ0n) is 11.3. The van der Waals surface area contributed by atoms with Crippen LogP contribution in [0.4, 0.5) is 14.5 Å². The quantitative estimate of drug-likeness (QED) is 0.895. The minimum atomic E-state index is -2.92. The largest absolute Gasteiger partial charge is 0.476 e. The Morgan fingerprint density at radius 2 is 1.95 bits per heavy atom. The molecule has 0 saturated carbocycles. The number of pyridine rings is 1. The van der Waals surface area contributed by atoms with Crippen LogP contribution in [0.15, 0.2) is 24.3 Å². The number of carbonyl (C=O) groups is 1. The molecule has 2 rings (SSSR count). The number of anilines is 1. The summed E-state index contributed by atoms with van der Waals surface area (Å²) in [6.07, 6.45) is 0. The molecule has 0 atom stereocenters. The number of hydrogen-bond acceptors (Lipinski definition) is 4. The summed E-state index contributed by atoms with van der Waals surface area (Å²) in [7, 11) is 0. The number of aromatic nitrogens is 1. The highest BCUT2D eigenvalue weighted by molar-refractivity contribution is 6.36. The van der Waals surface area contributed by atoms with Gasteiger partial charge < -0.3 is 15.6 Å². The molecule has 8 heteroatoms. The van der Waals surface area contributed by atoms with Gasteiger partial charge in [0.2, 0.25) is 0 Å². The average Bonchev–Trinajstić information content (AvgIpc) is 2.45. The van der Waals surface area contributed by atoms with Gasteiger partial charge in [-0.3, -0.25) is 0 Å². The van der Waals surface area contributed by atoms with Crippen molar-refractivity contribution >= 4 is 23.3 Å². The Bertz CT molecular complexity index is 721. The molecule has 0 saturated heterocycles. The molecule has 0 aliphatic carbocycles. The number of hydrogen-bond donors (Lipinski definition) is 2. The van der Waals surface area contributed by atoms with E-state index in [2.05, 4.69) is 9.72 Å². The molecular formula is C14H11ClF2N2O3. The first-order valence-corrected chi connectivity index (χ1v) is 6.43. The smallest absolute Gasteiger partial charge is 0.387 e. The van der Waals surface area contributed by atoms with E-state index in [1.165, 1.54) is 24.3 Å². The van der Waals surface area contributed by atoms with Crippen molar-refractivity contribution in [2.24, 2.45) is 0 Å². The monoisotopic (exact) mass is 328 g/mol. The fourth-order valence-corrected chi connectivity index (χ4v) is 2.15. The van der Waals surface area contributed by atoms with Crippen molar-refractivity contribution in [3.8, 4) is 17.0 Å². The third-order valence-corrected chi connectivity index (χ3v) is 3.37. The Balaban J connectivity index is 2.50. The van der Waals surface area contributed by atoms with Gasteiger partial charge in [0.05, 0.1) is 16.4 Å². The van der Waals surface area contributed by atoms with Gasteiger partial charge in [-0.15, -0.1) is 0 Å². The molecule has 116 valence electrons. The SMILES string of the molecule is Cc1c(-c2ccc(OC(F)F)cc2)nc(C(=O)O)c(Cl)c1N. The van der Waals surface area contributed by atoms with Crippen LogP contribution in [0.2, 0.25) is 5.02 Å². The number of aromatic carboxylic acids is 1. The van der Waals surface area contributed by atoms with Crippen LogP contribution in [0.5, 0.6) is 5.75 Å². The lowest BCUT2D eigenvalue weighted by atomic mass is 10.0. The van der Waals surface area contributed by atoms with Crippen molar-refractivity contribution in [3.63, 3.8) is 0 Å². The van der Waals surface area contributed by atoms with Gasteiger partial charge in [-0.05, 0) is 36.8 Å². The molecule has 0 aliphatic rings. The number of nitrogen functional groups attached to an aromatic ring is 1. The maximum Gasteiger partial charge on any atom is 0.387 e. The summed E-state index contributed by atoms with van der Waals surface area (Å²) in [4.78, 5) is 15.1. The van der Waals surface area contributed by atoms with Gasteiger partial charge in [0.15, 0.2) is 5.69 Å². The normalized spacial score (nSPS) is 10.8. The van der Waals surface area contributed by atoms with E-state index < -0.39 is 12.6 Å². The first-order valence-electron chi connectivity index (χ1n) is 6.05. The number of nitrogens with two attached hydrogens (primary N) is 1. The molecule has 5 nitrogen and oxygen atoms in total. The highest BCUT2D eigenvalue weighted by Crippen LogP contribution is 2.33. The lowest BCUT2D eigenvalue weighted by molar-refractivity contribution is -0.0498. The zero-order valence-corrected chi connectivity index (χ0v) is 12.1. The maximum atomic E-state index is 12.1. The molecule has 1 aromatic carbocycles. The number of rotatable bonds is 4. The van der Waals surface area contributed by atoms with Crippen LogP contribution < -0.4 is 10.5 Å². The number of nitrogens with zero attached hydrogens (tertiary/aromatic N) is 1. The van der Waals surface area contributed by atoms with Crippen LogP contribution in [0.25, 0.3) is 11.3 Å². The van der Waals surface area contributed by atoms with E-state index in [-0.39, 0.29) is 22.2 Å². The van der Waals surface area contributed by atoms with Crippen molar-refractivity contribution in [2.75, 3.05) is 5.73 Å². The molecule has 1 aromatic heterocycles. The highest BCUT2D eigenvalue weighted by Gasteiger charge is 2.19. The van der Waals surface area contributed by atoms with Crippen LogP contribution in [0.3, 0.4) is 0 Å². The van der Waals surface area contributed by atoms with Crippen LogP contribution in [-0.2, 0) is 0 Å². The third-order valence-electron chi connectivity index (χ3n) is 2.98. The second-order valence-electron chi connectivity index (χ2n) is 4.37. The number of carboxylic acids is 1. The molecule has 2 aromatic rings. The summed E-state index contributed by atoms with van der Waals surface area (Å²) in [5.41, 5.74) is 6.85. The lowest BCUT2D eigenvalue weighted by Gasteiger charge is -2.12. The molecule has 22 heavy (non-hydrogen) atoms. The topological polar surface area (TPSA) is 85.4 Å². The average molecular weight is 329 g/mol. The van der Waals surface area contributed by atoms with Gasteiger partial charge in [-0.1, -0.05) is 11.6 Å². The molecule has 0 amide bonds. The van der Waals surface area contributed by atoms with E-state index in [0.717, 1.165) is 0 Å². The number of carboxylic acid groups (broad SMARTS) is 1. The van der Waals surface area contributed by atoms with Gasteiger partial charge in [-0.2, -0.15) is 8.78 Å². The van der Waals surface area contributed by atoms with Crippen molar-refractivity contribution in [1.29, 1.82) is 0 Å². The number of halogens is 3. The molecule has 1 heterocycles. The Hall–Kier alpha value is -2.41. The Morgan fingerprint density at radius 3 is 2.45 bits per heavy atom. The van der Waals surface area contributed by atoms with Crippen LogP contribution >= 0.6 is 11.6 Å². The van der Waals surface area contributed by atoms with Crippen LogP contribution in [0.1, 0.15) is 16.1 Å². The fourth-order valence-electron chi connectivity index (χ4n) is 1.88. The van der Waals surface area contributed by atoms with E-state index >= 15 is 0 Å². The van der Waals surface area contributed by atoms with Crippen molar-refractivity contribution < 1.29 is 23.4 Å². The first kappa shape index (κ1) is 16.0. The van der Waals surface area contributed by atoms with Crippen molar-refractivity contribution in [2.45, 2.75) is 13.5 Å². The summed E-state index contributed by atoms with van der Waals surface area (Å²) in [6, 6.07) is 5.61. The lowest BCUT2D eigenvalue weighted by Crippen LogP contribution is -2.07. The molecule has 0 bridgehead atoms. The van der Waals surface area contributed by atoms with Gasteiger partial charge in [0.1, 0.15) is 5.75 Å². The predicted octanol–water partition coefficient (Wildman–Crippen LogP) is 3.59. The Morgan fingerprint density at radius 1 is 1.36 bits per heavy atom. The zero-order chi connectivity index (χ0) is 16.4. The van der Waals surface area contributed by atoms with Gasteiger partial charge in [-0.25, -0.2) is 9.78 Å². The number of benzene rings is 1. The molecule has 0 fully saturated rings. The summed E-state index contributed by atoms with van der Waals surface area (Å²) in [5, 5.41) is 8.96. The van der Waals surface area contributed by atoms with E-state index in [1.54, 1.807) is 6.92 Å². The summed E-state index contributed by atoms with van der Waals surface area (Å²) in [5.74, 6) is -1.33. The summed E-state index contributed by atoms with van der Waals surface area (Å²) >= 11 is 5.86. The van der Waals surface area contributed by atoms with Crippen LogP contribution in [-0.4, -0.2) is 22.7 Å². The summed E-state index contributed by atoms with van der Waals surface area (Å²) < 4.78 is 28.5. The molecule has 3 N–H and O–H groups in total. The van der Waals surface area contributed by atoms with Gasteiger partial charge in [0, 0.05) is 5.56 Å². The van der Waals surface area contributed by atoms with E-state index in [4.69, 9.17) is 22.4 Å². The number of ether oxygens (including phenoxy) is 1. The third kappa shape index (κ3) is 3.09. The van der Waals surface area contributed by atoms with Gasteiger partial charge in [0.25, 0.3) is 0 Å². The fraction of sp³-hybridized carbons (Fsp3) is 0.143. The maximum absolute atomic E-state index is 12.1. The molecule has 0 radical (unpaired) electrons. The molecule has 0 unspecified atom stereocenters. The minimum Gasteiger partial charge on any atom is -0.476 e. The predicted molar refractivity (Wildman–Crippen MR) is 77.4 cm³/mol. The number of alkyl halides is 2. The second kappa shape index (κ2) is 6.15. The van der Waals surface area contributed by atoms with E-state index in [1.807, 2.05) is 0 Å². The second-order valence-corrected chi connectivity index (χ2v) is 4.75. The van der Waals surface area contributed by atoms with Crippen molar-refractivity contribution in [1.82, 2.24) is 4.98 Å². The molecular weight excluding hydrogens is 318 g/mol. The Labute approximate surface area is 129 Å². The Kier molecular flexibility index (Phi) is 4.46. The minimum absolute atomic E-state index is 0.0169. The highest BCUT2D eigenvalue weighted by atomic mass is 35.5. The van der Waals surface area contributed by atoms with E-state index in [9.17, 15) is 13.6 Å². The summed E-state index contributed by atoms with van der Waals surface area (Å²) in [6.45, 7) is -1.28. The molecule has 0 spiro atoms. The van der Waals surface area contributed by atoms with Crippen molar-refractivity contribution in [3.05, 3.63) is 40.5 Å². The van der Waals surface area contributed by atoms with Crippen LogP contribution in [0, 0.1) is 6.92 Å². The molecule has 0 aliphatic heterocycles. The van der Waals surface area contributed by atoms with E-state index in [0.29, 0.717) is 16.8 Å². The van der Waals surface area contributed by atoms with Gasteiger partial charge >= 0.3 is 12.6 Å². The standard InChI is InChI=1S/C14H11ClF2N2O3/c1-6-10(18)9(15)12(13(20)21)19-11(6)7-2-4-8(5-3-7)22-14(16)17/h2-5,14H,1H3,(H2,18,19)(H,20,21).